The maximum absolute atomic E-state index is 11.7. The molecule has 1 heterocycles. The highest BCUT2D eigenvalue weighted by Gasteiger charge is 2.12. The Morgan fingerprint density at radius 1 is 1.41 bits per heavy atom. The number of nitrogens with zero attached hydrogens (tertiary/aromatic N) is 2. The number of amides is 1. The largest absolute Gasteiger partial charge is 0.416 e. The third-order valence-corrected chi connectivity index (χ3v) is 2.82. The number of hydrogen-bond donors (Lipinski definition) is 0. The maximum Gasteiger partial charge on any atom is 0.416 e. The van der Waals surface area contributed by atoms with Gasteiger partial charge in [-0.1, -0.05) is 41.7 Å². The van der Waals surface area contributed by atoms with Crippen molar-refractivity contribution in [3.05, 3.63) is 47.6 Å². The van der Waals surface area contributed by atoms with Crippen LogP contribution in [0.4, 0.5) is 4.79 Å². The Morgan fingerprint density at radius 3 is 2.82 bits per heavy atom. The number of ether oxygens (including phenoxy) is 1. The van der Waals surface area contributed by atoms with E-state index in [1.807, 2.05) is 30.3 Å². The standard InChI is InChI=1S/C12H12N2O2S/c1-14(8-10-5-3-2-4-6-10)12(15)16-11-7-13-9-17-11/h2-7,9H,8H2,1H3. The molecule has 17 heavy (non-hydrogen) atoms. The molecule has 88 valence electrons. The van der Waals surface area contributed by atoms with Crippen molar-refractivity contribution >= 4 is 17.4 Å². The Bertz CT molecular complexity index is 471. The van der Waals surface area contributed by atoms with Gasteiger partial charge in [-0.15, -0.1) is 0 Å². The summed E-state index contributed by atoms with van der Waals surface area (Å²) in [5, 5.41) is 0.509. The van der Waals surface area contributed by atoms with Gasteiger partial charge in [-0.05, 0) is 5.56 Å². The molecule has 0 aliphatic carbocycles. The van der Waals surface area contributed by atoms with E-state index in [1.54, 1.807) is 12.6 Å². The van der Waals surface area contributed by atoms with Gasteiger partial charge in [0, 0.05) is 13.6 Å². The summed E-state index contributed by atoms with van der Waals surface area (Å²) >= 11 is 1.29. The first-order valence-corrected chi connectivity index (χ1v) is 5.99. The van der Waals surface area contributed by atoms with Crippen molar-refractivity contribution in [2.45, 2.75) is 6.54 Å². The van der Waals surface area contributed by atoms with Crippen LogP contribution in [0.25, 0.3) is 0 Å². The van der Waals surface area contributed by atoms with Gasteiger partial charge >= 0.3 is 6.09 Å². The van der Waals surface area contributed by atoms with Crippen molar-refractivity contribution in [3.63, 3.8) is 0 Å². The van der Waals surface area contributed by atoms with Crippen molar-refractivity contribution in [2.75, 3.05) is 7.05 Å². The Balaban J connectivity index is 1.92. The molecule has 0 unspecified atom stereocenters. The fourth-order valence-electron chi connectivity index (χ4n) is 1.34. The minimum Gasteiger partial charge on any atom is -0.397 e. The first kappa shape index (κ1) is 11.6. The minimum atomic E-state index is -0.377. The fourth-order valence-corrected chi connectivity index (χ4v) is 1.81. The normalized spacial score (nSPS) is 9.94. The summed E-state index contributed by atoms with van der Waals surface area (Å²) in [6, 6.07) is 9.77. The highest BCUT2D eigenvalue weighted by molar-refractivity contribution is 7.11. The molecule has 2 aromatic rings. The molecule has 0 N–H and O–H groups in total. The van der Waals surface area contributed by atoms with Crippen LogP contribution in [0.3, 0.4) is 0 Å². The number of benzene rings is 1. The minimum absolute atomic E-state index is 0.377. The number of aromatic nitrogens is 1. The monoisotopic (exact) mass is 248 g/mol. The quantitative estimate of drug-likeness (QED) is 0.838. The molecule has 1 amide bonds. The number of carbonyl (C=O) groups excluding carboxylic acids is 1. The molecule has 0 aliphatic heterocycles. The Morgan fingerprint density at radius 2 is 2.18 bits per heavy atom. The highest BCUT2D eigenvalue weighted by atomic mass is 32.1. The second-order valence-electron chi connectivity index (χ2n) is 3.53. The molecular formula is C12H12N2O2S. The molecule has 0 aliphatic rings. The molecule has 0 fully saturated rings. The van der Waals surface area contributed by atoms with Crippen molar-refractivity contribution in [3.8, 4) is 5.06 Å². The van der Waals surface area contributed by atoms with Gasteiger partial charge in [-0.3, -0.25) is 0 Å². The van der Waals surface area contributed by atoms with Gasteiger partial charge in [0.2, 0.25) is 5.06 Å². The lowest BCUT2D eigenvalue weighted by Crippen LogP contribution is -2.28. The summed E-state index contributed by atoms with van der Waals surface area (Å²) in [6.07, 6.45) is 1.15. The molecule has 4 nitrogen and oxygen atoms in total. The molecular weight excluding hydrogens is 236 g/mol. The van der Waals surface area contributed by atoms with Crippen molar-refractivity contribution in [1.29, 1.82) is 0 Å². The maximum atomic E-state index is 11.7. The summed E-state index contributed by atoms with van der Waals surface area (Å²) in [7, 11) is 1.70. The number of hydrogen-bond acceptors (Lipinski definition) is 4. The van der Waals surface area contributed by atoms with Gasteiger partial charge in [0.15, 0.2) is 0 Å². The average Bonchev–Trinajstić information content (AvgIpc) is 2.83. The lowest BCUT2D eigenvalue weighted by Gasteiger charge is -2.15. The second kappa shape index (κ2) is 5.45. The van der Waals surface area contributed by atoms with Gasteiger partial charge in [0.25, 0.3) is 0 Å². The van der Waals surface area contributed by atoms with E-state index in [0.717, 1.165) is 5.56 Å². The van der Waals surface area contributed by atoms with E-state index >= 15 is 0 Å². The van der Waals surface area contributed by atoms with Crippen molar-refractivity contribution in [1.82, 2.24) is 9.88 Å². The Hall–Kier alpha value is -1.88. The van der Waals surface area contributed by atoms with Crippen LogP contribution in [0.15, 0.2) is 42.0 Å². The SMILES string of the molecule is CN(Cc1ccccc1)C(=O)Oc1cncs1. The van der Waals surface area contributed by atoms with Gasteiger partial charge in [-0.2, -0.15) is 0 Å². The fraction of sp³-hybridized carbons (Fsp3) is 0.167. The van der Waals surface area contributed by atoms with Crippen LogP contribution in [0.5, 0.6) is 5.06 Å². The molecule has 2 rings (SSSR count). The molecule has 0 saturated heterocycles. The molecule has 0 bridgehead atoms. The van der Waals surface area contributed by atoms with Gasteiger partial charge in [0.05, 0.1) is 11.7 Å². The molecule has 0 radical (unpaired) electrons. The van der Waals surface area contributed by atoms with Crippen molar-refractivity contribution in [2.24, 2.45) is 0 Å². The number of carbonyl (C=O) groups is 1. The molecule has 1 aromatic carbocycles. The molecule has 1 aromatic heterocycles. The zero-order valence-corrected chi connectivity index (χ0v) is 10.2. The predicted octanol–water partition coefficient (Wildman–Crippen LogP) is 2.77. The molecule has 0 spiro atoms. The van der Waals surface area contributed by atoms with E-state index < -0.39 is 0 Å². The Kier molecular flexibility index (Phi) is 3.72. The van der Waals surface area contributed by atoms with Crippen LogP contribution in [-0.2, 0) is 6.54 Å². The summed E-state index contributed by atoms with van der Waals surface area (Å²) in [5.41, 5.74) is 2.69. The van der Waals surface area contributed by atoms with E-state index in [0.29, 0.717) is 11.6 Å². The van der Waals surface area contributed by atoms with E-state index in [4.69, 9.17) is 4.74 Å². The third-order valence-electron chi connectivity index (χ3n) is 2.17. The van der Waals surface area contributed by atoms with E-state index in [1.165, 1.54) is 22.4 Å². The average molecular weight is 248 g/mol. The summed E-state index contributed by atoms with van der Waals surface area (Å²) in [6.45, 7) is 0.526. The van der Waals surface area contributed by atoms with Crippen LogP contribution in [0.1, 0.15) is 5.56 Å². The van der Waals surface area contributed by atoms with Gasteiger partial charge in [-0.25, -0.2) is 9.78 Å². The summed E-state index contributed by atoms with van der Waals surface area (Å²) in [4.78, 5) is 17.1. The van der Waals surface area contributed by atoms with Crippen LogP contribution in [0, 0.1) is 0 Å². The predicted molar refractivity (Wildman–Crippen MR) is 66.0 cm³/mol. The molecule has 0 atom stereocenters. The van der Waals surface area contributed by atoms with E-state index in [2.05, 4.69) is 4.98 Å². The summed E-state index contributed by atoms with van der Waals surface area (Å²) in [5.74, 6) is 0. The third kappa shape index (κ3) is 3.29. The second-order valence-corrected chi connectivity index (χ2v) is 4.38. The number of thiazole rings is 1. The van der Waals surface area contributed by atoms with Crippen LogP contribution < -0.4 is 4.74 Å². The van der Waals surface area contributed by atoms with Gasteiger partial charge < -0.3 is 9.64 Å². The molecule has 0 saturated carbocycles. The topological polar surface area (TPSA) is 42.4 Å². The molecule has 5 heteroatoms. The summed E-state index contributed by atoms with van der Waals surface area (Å²) < 4.78 is 5.13. The zero-order chi connectivity index (χ0) is 12.1. The lowest BCUT2D eigenvalue weighted by molar-refractivity contribution is 0.162. The van der Waals surface area contributed by atoms with Crippen LogP contribution in [0.2, 0.25) is 0 Å². The van der Waals surface area contributed by atoms with Gasteiger partial charge in [0.1, 0.15) is 0 Å². The Labute approximate surface area is 103 Å². The highest BCUT2D eigenvalue weighted by Crippen LogP contribution is 2.16. The first-order chi connectivity index (χ1) is 8.25. The van der Waals surface area contributed by atoms with E-state index in [-0.39, 0.29) is 6.09 Å². The zero-order valence-electron chi connectivity index (χ0n) is 9.37. The van der Waals surface area contributed by atoms with Crippen LogP contribution in [-0.4, -0.2) is 23.0 Å². The van der Waals surface area contributed by atoms with Crippen LogP contribution >= 0.6 is 11.3 Å². The van der Waals surface area contributed by atoms with Crippen molar-refractivity contribution < 1.29 is 9.53 Å². The number of rotatable bonds is 3. The smallest absolute Gasteiger partial charge is 0.397 e. The first-order valence-electron chi connectivity index (χ1n) is 5.11. The lowest BCUT2D eigenvalue weighted by atomic mass is 10.2. The van der Waals surface area contributed by atoms with E-state index in [9.17, 15) is 4.79 Å².